The smallest absolute Gasteiger partial charge is 0.306 e. The maximum atomic E-state index is 12.9. The molecule has 0 fully saturated rings. The van der Waals surface area contributed by atoms with Crippen LogP contribution in [0.25, 0.3) is 0 Å². The van der Waals surface area contributed by atoms with Crippen molar-refractivity contribution in [2.45, 2.75) is 431 Å². The summed E-state index contributed by atoms with van der Waals surface area (Å²) in [6.45, 7) is 4.21. The largest absolute Gasteiger partial charge is 0.756 e. The van der Waals surface area contributed by atoms with Crippen molar-refractivity contribution < 1.29 is 42.1 Å². The van der Waals surface area contributed by atoms with E-state index in [1.165, 1.54) is 334 Å². The van der Waals surface area contributed by atoms with Gasteiger partial charge in [-0.3, -0.25) is 14.2 Å². The molecule has 2 unspecified atom stereocenters. The summed E-state index contributed by atoms with van der Waals surface area (Å²) < 4.78 is 34.4. The Labute approximate surface area is 585 Å². The van der Waals surface area contributed by atoms with Crippen LogP contribution >= 0.6 is 7.82 Å². The summed E-state index contributed by atoms with van der Waals surface area (Å²) in [4.78, 5) is 38.2. The molecule has 0 aliphatic rings. The Bertz CT molecular complexity index is 1720. The van der Waals surface area contributed by atoms with Gasteiger partial charge in [0.05, 0.1) is 27.7 Å². The minimum absolute atomic E-state index is 0.0282. The lowest BCUT2D eigenvalue weighted by Gasteiger charge is -2.28. The molecule has 94 heavy (non-hydrogen) atoms. The lowest BCUT2D eigenvalue weighted by Crippen LogP contribution is -2.37. The van der Waals surface area contributed by atoms with E-state index in [2.05, 4.69) is 62.5 Å². The van der Waals surface area contributed by atoms with Crippen molar-refractivity contribution in [3.8, 4) is 0 Å². The molecule has 0 heterocycles. The van der Waals surface area contributed by atoms with Crippen LogP contribution in [0.4, 0.5) is 0 Å². The standard InChI is InChI=1S/C84H160NO8P/c1-6-8-10-12-14-16-18-20-22-24-26-28-30-32-34-36-38-39-40-41-42-43-44-45-47-48-50-52-54-56-58-60-62-64-66-68-70-72-74-76-83(86)90-80-82(81-92-94(88,89)91-79-78-85(3,4)5)93-84(87)77-75-73-71-69-67-65-63-61-59-57-55-53-51-49-46-37-35-33-31-29-27-25-23-21-19-17-15-13-11-9-7-2/h9,11,15,17,21,23,27,29,82H,6-8,10,12-14,16,18-20,22,24-26,28,30-81H2,1-5H3/b11-9-,17-15-,23-21-,29-27-. The van der Waals surface area contributed by atoms with Crippen LogP contribution < -0.4 is 4.89 Å². The highest BCUT2D eigenvalue weighted by Crippen LogP contribution is 2.38. The van der Waals surface area contributed by atoms with E-state index < -0.39 is 26.5 Å². The fourth-order valence-electron chi connectivity index (χ4n) is 12.6. The number of allylic oxidation sites excluding steroid dienone is 8. The summed E-state index contributed by atoms with van der Waals surface area (Å²) in [7, 11) is 1.19. The molecule has 2 atom stereocenters. The minimum atomic E-state index is -4.64. The average molecular weight is 1340 g/mol. The van der Waals surface area contributed by atoms with E-state index in [1.54, 1.807) is 0 Å². The van der Waals surface area contributed by atoms with Gasteiger partial charge in [-0.05, 0) is 51.4 Å². The van der Waals surface area contributed by atoms with Crippen molar-refractivity contribution in [1.82, 2.24) is 0 Å². The predicted molar refractivity (Wildman–Crippen MR) is 407 cm³/mol. The first-order valence-electron chi connectivity index (χ1n) is 41.3. The molecule has 0 saturated carbocycles. The molecule has 0 N–H and O–H groups in total. The molecule has 0 aliphatic heterocycles. The topological polar surface area (TPSA) is 111 Å². The van der Waals surface area contributed by atoms with Crippen LogP contribution in [0, 0.1) is 0 Å². The molecular formula is C84H160NO8P. The minimum Gasteiger partial charge on any atom is -0.756 e. The molecule has 0 bridgehead atoms. The Morgan fingerprint density at radius 1 is 0.340 bits per heavy atom. The second kappa shape index (κ2) is 75.2. The SMILES string of the molecule is CC/C=C\C/C=C\C/C=C\C/C=C\CCCCCCCCCCCCCCCCCCCCC(=O)OC(COC(=O)CCCCCCCCCCCCCCCCCCCCCCCCCCCCCCCCCCCCCCCCC)COP(=O)([O-])OCC[N+](C)(C)C. The number of quaternary nitrogens is 1. The maximum absolute atomic E-state index is 12.9. The van der Waals surface area contributed by atoms with Gasteiger partial charge >= 0.3 is 11.9 Å². The molecule has 0 aromatic rings. The number of hydrogen-bond donors (Lipinski definition) is 0. The van der Waals surface area contributed by atoms with Gasteiger partial charge in [-0.1, -0.05) is 409 Å². The Morgan fingerprint density at radius 3 is 0.904 bits per heavy atom. The first-order valence-corrected chi connectivity index (χ1v) is 42.8. The van der Waals surface area contributed by atoms with Crippen LogP contribution in [0.2, 0.25) is 0 Å². The van der Waals surface area contributed by atoms with Crippen LogP contribution in [0.1, 0.15) is 425 Å². The van der Waals surface area contributed by atoms with Crippen LogP contribution in [-0.2, 0) is 32.7 Å². The lowest BCUT2D eigenvalue weighted by molar-refractivity contribution is -0.870. The normalized spacial score (nSPS) is 13.2. The number of ether oxygens (including phenoxy) is 2. The zero-order valence-electron chi connectivity index (χ0n) is 63.4. The molecule has 0 aromatic carbocycles. The van der Waals surface area contributed by atoms with Gasteiger partial charge in [-0.25, -0.2) is 0 Å². The first kappa shape index (κ1) is 92.0. The number of rotatable bonds is 78. The Balaban J connectivity index is 3.87. The molecule has 0 spiro atoms. The van der Waals surface area contributed by atoms with Crippen LogP contribution in [0.5, 0.6) is 0 Å². The van der Waals surface area contributed by atoms with E-state index in [1.807, 2.05) is 21.1 Å². The van der Waals surface area contributed by atoms with Crippen molar-refractivity contribution in [3.05, 3.63) is 48.6 Å². The third-order valence-corrected chi connectivity index (χ3v) is 19.8. The number of carbonyl (C=O) groups is 2. The molecule has 0 aliphatic carbocycles. The number of likely N-dealkylation sites (N-methyl/N-ethyl adjacent to an activating group) is 1. The van der Waals surface area contributed by atoms with E-state index in [9.17, 15) is 19.0 Å². The van der Waals surface area contributed by atoms with E-state index in [4.69, 9.17) is 18.5 Å². The zero-order chi connectivity index (χ0) is 68.3. The van der Waals surface area contributed by atoms with Gasteiger partial charge in [0.25, 0.3) is 7.82 Å². The summed E-state index contributed by atoms with van der Waals surface area (Å²) in [5.74, 6) is -0.809. The van der Waals surface area contributed by atoms with Crippen molar-refractivity contribution in [2.75, 3.05) is 47.5 Å². The average Bonchev–Trinajstić information content (AvgIpc) is 1.66. The number of hydrogen-bond acceptors (Lipinski definition) is 8. The Kier molecular flexibility index (Phi) is 73.6. The zero-order valence-corrected chi connectivity index (χ0v) is 64.3. The summed E-state index contributed by atoms with van der Waals surface area (Å²) in [6.07, 6.45) is 99.7. The number of phosphoric ester groups is 1. The monoisotopic (exact) mass is 1340 g/mol. The number of nitrogens with zero attached hydrogens (tertiary/aromatic N) is 1. The molecule has 0 rings (SSSR count). The second-order valence-electron chi connectivity index (χ2n) is 29.5. The number of unbranched alkanes of at least 4 members (excludes halogenated alkanes) is 56. The summed E-state index contributed by atoms with van der Waals surface area (Å²) in [6, 6.07) is 0. The predicted octanol–water partition coefficient (Wildman–Crippen LogP) is 26.9. The van der Waals surface area contributed by atoms with Crippen molar-refractivity contribution in [3.63, 3.8) is 0 Å². The van der Waals surface area contributed by atoms with Crippen LogP contribution in [0.15, 0.2) is 48.6 Å². The number of phosphoric acid groups is 1. The Morgan fingerprint density at radius 2 is 0.606 bits per heavy atom. The first-order chi connectivity index (χ1) is 46.0. The quantitative estimate of drug-likeness (QED) is 0.0195. The van der Waals surface area contributed by atoms with Gasteiger partial charge in [0.15, 0.2) is 6.10 Å². The molecule has 554 valence electrons. The maximum Gasteiger partial charge on any atom is 0.306 e. The molecule has 0 radical (unpaired) electrons. The van der Waals surface area contributed by atoms with E-state index >= 15 is 0 Å². The van der Waals surface area contributed by atoms with Gasteiger partial charge < -0.3 is 27.9 Å². The van der Waals surface area contributed by atoms with Gasteiger partial charge in [0.1, 0.15) is 19.8 Å². The molecule has 0 amide bonds. The molecule has 0 aromatic heterocycles. The van der Waals surface area contributed by atoms with Gasteiger partial charge in [-0.15, -0.1) is 0 Å². The summed E-state index contributed by atoms with van der Waals surface area (Å²) >= 11 is 0. The van der Waals surface area contributed by atoms with Crippen molar-refractivity contribution in [1.29, 1.82) is 0 Å². The third-order valence-electron chi connectivity index (χ3n) is 18.9. The third kappa shape index (κ3) is 79.0. The van der Waals surface area contributed by atoms with Crippen LogP contribution in [0.3, 0.4) is 0 Å². The van der Waals surface area contributed by atoms with Crippen LogP contribution in [-0.4, -0.2) is 70.0 Å². The summed E-state index contributed by atoms with van der Waals surface area (Å²) in [5.41, 5.74) is 0. The fraction of sp³-hybridized carbons (Fsp3) is 0.881. The number of esters is 2. The van der Waals surface area contributed by atoms with Crippen molar-refractivity contribution in [2.24, 2.45) is 0 Å². The van der Waals surface area contributed by atoms with Gasteiger partial charge in [0.2, 0.25) is 0 Å². The van der Waals surface area contributed by atoms with Gasteiger partial charge in [0, 0.05) is 12.8 Å². The molecular weight excluding hydrogens is 1180 g/mol. The number of carbonyl (C=O) groups excluding carboxylic acids is 2. The molecule has 9 nitrogen and oxygen atoms in total. The fourth-order valence-corrected chi connectivity index (χ4v) is 13.3. The van der Waals surface area contributed by atoms with Gasteiger partial charge in [-0.2, -0.15) is 0 Å². The molecule has 0 saturated heterocycles. The van der Waals surface area contributed by atoms with Crippen molar-refractivity contribution >= 4 is 19.8 Å². The second-order valence-corrected chi connectivity index (χ2v) is 30.9. The van der Waals surface area contributed by atoms with E-state index in [0.29, 0.717) is 17.4 Å². The van der Waals surface area contributed by atoms with E-state index in [0.717, 1.165) is 57.8 Å². The lowest BCUT2D eigenvalue weighted by atomic mass is 10.0. The highest BCUT2D eigenvalue weighted by Gasteiger charge is 2.22. The highest BCUT2D eigenvalue weighted by atomic mass is 31.2. The molecule has 10 heteroatoms. The Hall–Kier alpha value is -2.03. The van der Waals surface area contributed by atoms with E-state index in [-0.39, 0.29) is 32.0 Å². The summed E-state index contributed by atoms with van der Waals surface area (Å²) in [5, 5.41) is 0. The highest BCUT2D eigenvalue weighted by molar-refractivity contribution is 7.45.